The summed E-state index contributed by atoms with van der Waals surface area (Å²) in [5.74, 6) is 0. The van der Waals surface area contributed by atoms with Crippen molar-refractivity contribution in [2.45, 2.75) is 0 Å². The molecule has 2 atom stereocenters. The highest BCUT2D eigenvalue weighted by Crippen LogP contribution is 2.58. The fourth-order valence-electron chi connectivity index (χ4n) is 9.38. The second kappa shape index (κ2) is 12.5. The van der Waals surface area contributed by atoms with Crippen LogP contribution < -0.4 is 0 Å². The Bertz CT molecular complexity index is 3520. The molecule has 0 amide bonds. The quantitative estimate of drug-likeness (QED) is 0.129. The molecule has 1 nitrogen and oxygen atoms in total. The Morgan fingerprint density at radius 3 is 1.30 bits per heavy atom. The average molecular weight is 746 g/mol. The molecule has 3 heteroatoms. The normalized spacial score (nSPS) is 12.6. The lowest BCUT2D eigenvalue weighted by Gasteiger charge is -2.19. The number of hydrogen-bond acceptors (Lipinski definition) is 1. The van der Waals surface area contributed by atoms with E-state index < -0.39 is 15.1 Å². The van der Waals surface area contributed by atoms with Gasteiger partial charge in [-0.3, -0.25) is 4.98 Å². The maximum Gasteiger partial charge on any atom is 0.0708 e. The van der Waals surface area contributed by atoms with Gasteiger partial charge in [-0.25, -0.2) is 0 Å². The van der Waals surface area contributed by atoms with Crippen molar-refractivity contribution in [2.24, 2.45) is 0 Å². The summed E-state index contributed by atoms with van der Waals surface area (Å²) in [6, 6.07) is 72.4. The van der Waals surface area contributed by atoms with Gasteiger partial charge in [0, 0.05) is 42.8 Å². The number of rotatable bonds is 4. The van der Waals surface area contributed by atoms with Gasteiger partial charge in [-0.2, -0.15) is 0 Å². The Balaban J connectivity index is 1.18. The molecule has 12 aromatic rings. The largest absolute Gasteiger partial charge is 0.256 e. The molecule has 0 bridgehead atoms. The van der Waals surface area contributed by atoms with Crippen LogP contribution in [0.4, 0.5) is 0 Å². The van der Waals surface area contributed by atoms with E-state index >= 15 is 0 Å². The lowest BCUT2D eigenvalue weighted by atomic mass is 9.85. The zero-order valence-corrected chi connectivity index (χ0v) is 32.2. The second-order valence-corrected chi connectivity index (χ2v) is 19.0. The summed E-state index contributed by atoms with van der Waals surface area (Å²) in [4.78, 5) is 5.13. The molecule has 0 N–H and O–H groups in total. The number of fused-ring (bicyclic) bond motifs is 10. The van der Waals surface area contributed by atoms with Crippen molar-refractivity contribution in [2.75, 3.05) is 0 Å². The molecule has 9 aromatic carbocycles. The summed E-state index contributed by atoms with van der Waals surface area (Å²) in [5, 5.41) is 20.0. The van der Waals surface area contributed by atoms with Gasteiger partial charge >= 0.3 is 0 Å². The minimum atomic E-state index is -0.634. The fraction of sp³-hybridized carbons (Fsp3) is 0. The van der Waals surface area contributed by atoms with E-state index in [2.05, 4.69) is 200 Å². The number of para-hydroxylation sites is 1. The molecule has 56 heavy (non-hydrogen) atoms. The van der Waals surface area contributed by atoms with Gasteiger partial charge < -0.3 is 0 Å². The van der Waals surface area contributed by atoms with Crippen molar-refractivity contribution < 1.29 is 0 Å². The molecule has 0 radical (unpaired) electrons. The molecule has 0 aliphatic heterocycles. The molecule has 260 valence electrons. The Morgan fingerprint density at radius 1 is 0.304 bits per heavy atom. The van der Waals surface area contributed by atoms with E-state index in [1.165, 1.54) is 102 Å². The topological polar surface area (TPSA) is 12.9 Å². The minimum absolute atomic E-state index is 0.632. The third-order valence-electron chi connectivity index (χ3n) is 11.7. The highest BCUT2D eigenvalue weighted by Gasteiger charge is 2.22. The monoisotopic (exact) mass is 745 g/mol. The second-order valence-electron chi connectivity index (χ2n) is 14.7. The first-order chi connectivity index (χ1) is 27.8. The molecule has 0 saturated heterocycles. The van der Waals surface area contributed by atoms with Crippen molar-refractivity contribution >= 4 is 89.5 Å². The van der Waals surface area contributed by atoms with Crippen LogP contribution in [0.2, 0.25) is 0 Å². The predicted molar refractivity (Wildman–Crippen MR) is 246 cm³/mol. The Hall–Kier alpha value is -6.49. The lowest BCUT2D eigenvalue weighted by molar-refractivity contribution is 1.45. The predicted octanol–water partition coefficient (Wildman–Crippen LogP) is 16.4. The Labute approximate surface area is 326 Å². The van der Waals surface area contributed by atoms with Crippen LogP contribution in [0.5, 0.6) is 0 Å². The van der Waals surface area contributed by atoms with E-state index in [9.17, 15) is 0 Å². The van der Waals surface area contributed by atoms with E-state index in [4.69, 9.17) is 4.98 Å². The first kappa shape index (κ1) is 31.8. The average Bonchev–Trinajstić information content (AvgIpc) is 3.78. The highest BCUT2D eigenvalue weighted by molar-refractivity contribution is 7.68. The highest BCUT2D eigenvalue weighted by atomic mass is 31.1. The number of hydrogen-bond donors (Lipinski definition) is 0. The molecule has 0 aliphatic carbocycles. The van der Waals surface area contributed by atoms with Gasteiger partial charge in [-0.05, 0) is 95.5 Å². The molecule has 0 fully saturated rings. The maximum absolute atomic E-state index is 5.13. The van der Waals surface area contributed by atoms with Crippen LogP contribution in [0, 0.1) is 0 Å². The Morgan fingerprint density at radius 2 is 0.732 bits per heavy atom. The SMILES string of the molecule is c1ccc(-p2c3ccccc3c3cc(-c4c5ccccc5c(-c5ccc6c(c5)c5ccccc5p6-c5ccccc5)c5c4cnc4ccccc45)ccc32)cc1. The third-order valence-corrected chi connectivity index (χ3v) is 16.8. The molecular weight excluding hydrogens is 713 g/mol. The van der Waals surface area contributed by atoms with Gasteiger partial charge in [-0.1, -0.05) is 179 Å². The van der Waals surface area contributed by atoms with Gasteiger partial charge in [0.1, 0.15) is 0 Å². The van der Waals surface area contributed by atoms with Crippen LogP contribution >= 0.6 is 15.1 Å². The van der Waals surface area contributed by atoms with E-state index in [0.29, 0.717) is 0 Å². The van der Waals surface area contributed by atoms with Gasteiger partial charge in [0.05, 0.1) is 5.52 Å². The van der Waals surface area contributed by atoms with Crippen LogP contribution in [-0.4, -0.2) is 4.98 Å². The summed E-state index contributed by atoms with van der Waals surface area (Å²) in [6.07, 6.45) is 2.14. The van der Waals surface area contributed by atoms with E-state index in [1.54, 1.807) is 0 Å². The van der Waals surface area contributed by atoms with E-state index in [1.807, 2.05) is 0 Å². The molecule has 3 heterocycles. The van der Waals surface area contributed by atoms with Crippen molar-refractivity contribution in [3.8, 4) is 32.9 Å². The molecule has 0 saturated carbocycles. The number of benzene rings is 9. The third kappa shape index (κ3) is 4.66. The zero-order chi connectivity index (χ0) is 36.7. The van der Waals surface area contributed by atoms with E-state index in [0.717, 1.165) is 5.52 Å². The summed E-state index contributed by atoms with van der Waals surface area (Å²) in [7, 11) is -1.27. The molecule has 0 spiro atoms. The lowest BCUT2D eigenvalue weighted by Crippen LogP contribution is -1.93. The molecular formula is C53H33NP2. The van der Waals surface area contributed by atoms with Gasteiger partial charge in [0.15, 0.2) is 0 Å². The first-order valence-electron chi connectivity index (χ1n) is 19.2. The maximum atomic E-state index is 5.13. The van der Waals surface area contributed by atoms with Gasteiger partial charge in [0.25, 0.3) is 0 Å². The summed E-state index contributed by atoms with van der Waals surface area (Å²) < 4.78 is 0. The number of aromatic nitrogens is 1. The van der Waals surface area contributed by atoms with Crippen molar-refractivity contribution in [1.29, 1.82) is 0 Å². The molecule has 3 aromatic heterocycles. The van der Waals surface area contributed by atoms with Crippen molar-refractivity contribution in [3.63, 3.8) is 0 Å². The smallest absolute Gasteiger partial charge is 0.0708 e. The standard InChI is InChI=1S/C53H33NP2/c1-3-15-36(16-4-1)55-47-25-13-10-19-38(47)43-31-34(27-29-49(43)55)51-40-21-7-8-22-41(40)52(53-42-23-9-12-24-46(42)54-33-45(51)53)35-28-30-50-44(32-35)39-20-11-14-26-48(39)56(50)37-17-5-2-6-18-37/h1-33H. The summed E-state index contributed by atoms with van der Waals surface area (Å²) in [5.41, 5.74) is 5.99. The molecule has 2 unspecified atom stereocenters. The van der Waals surface area contributed by atoms with Crippen molar-refractivity contribution in [3.05, 3.63) is 200 Å². The van der Waals surface area contributed by atoms with Gasteiger partial charge in [0.2, 0.25) is 0 Å². The number of pyridine rings is 1. The number of nitrogens with zero attached hydrogens (tertiary/aromatic N) is 1. The summed E-state index contributed by atoms with van der Waals surface area (Å²) in [6.45, 7) is 0. The molecule has 0 aliphatic rings. The summed E-state index contributed by atoms with van der Waals surface area (Å²) >= 11 is 0. The Kier molecular flexibility index (Phi) is 7.12. The van der Waals surface area contributed by atoms with Crippen LogP contribution in [0.25, 0.3) is 107 Å². The van der Waals surface area contributed by atoms with Crippen LogP contribution in [0.3, 0.4) is 0 Å². The van der Waals surface area contributed by atoms with Crippen LogP contribution in [-0.2, 0) is 0 Å². The van der Waals surface area contributed by atoms with Crippen LogP contribution in [0.15, 0.2) is 200 Å². The first-order valence-corrected chi connectivity index (χ1v) is 21.9. The minimum Gasteiger partial charge on any atom is -0.256 e. The fourth-order valence-corrected chi connectivity index (χ4v) is 14.6. The zero-order valence-electron chi connectivity index (χ0n) is 30.4. The van der Waals surface area contributed by atoms with Crippen molar-refractivity contribution in [1.82, 2.24) is 4.98 Å². The van der Waals surface area contributed by atoms with Gasteiger partial charge in [-0.15, -0.1) is 0 Å². The van der Waals surface area contributed by atoms with E-state index in [-0.39, 0.29) is 0 Å². The van der Waals surface area contributed by atoms with Crippen LogP contribution in [0.1, 0.15) is 0 Å². The molecule has 12 rings (SSSR count).